The van der Waals surface area contributed by atoms with E-state index in [0.717, 1.165) is 18.6 Å². The van der Waals surface area contributed by atoms with Gasteiger partial charge in [0.1, 0.15) is 10.9 Å². The fraction of sp³-hybridized carbons (Fsp3) is 0.250. The average Bonchev–Trinajstić information content (AvgIpc) is 3.07. The van der Waals surface area contributed by atoms with Crippen LogP contribution in [0.15, 0.2) is 22.9 Å². The van der Waals surface area contributed by atoms with Gasteiger partial charge in [0.15, 0.2) is 5.69 Å². The molecule has 0 unspecified atom stereocenters. The molecule has 6 heteroatoms. The predicted octanol–water partition coefficient (Wildman–Crippen LogP) is 3.48. The van der Waals surface area contributed by atoms with Gasteiger partial charge in [-0.05, 0) is 18.9 Å². The Morgan fingerprint density at radius 2 is 2.17 bits per heavy atom. The Hall–Kier alpha value is -1.39. The Kier molecular flexibility index (Phi) is 2.84. The van der Waals surface area contributed by atoms with Gasteiger partial charge in [-0.15, -0.1) is 0 Å². The minimum Gasteiger partial charge on any atom is -0.360 e. The van der Waals surface area contributed by atoms with Gasteiger partial charge in [0.05, 0.1) is 10.6 Å². The summed E-state index contributed by atoms with van der Waals surface area (Å²) < 4.78 is 5.13. The molecule has 0 bridgehead atoms. The molecule has 18 heavy (non-hydrogen) atoms. The highest BCUT2D eigenvalue weighted by Crippen LogP contribution is 2.40. The first kappa shape index (κ1) is 11.7. The minimum absolute atomic E-state index is 0.0727. The van der Waals surface area contributed by atoms with Crippen molar-refractivity contribution in [2.75, 3.05) is 0 Å². The van der Waals surface area contributed by atoms with Gasteiger partial charge in [-0.3, -0.25) is 4.79 Å². The fourth-order valence-electron chi connectivity index (χ4n) is 1.70. The van der Waals surface area contributed by atoms with Crippen molar-refractivity contribution in [2.24, 2.45) is 0 Å². The van der Waals surface area contributed by atoms with Crippen LogP contribution in [0.5, 0.6) is 0 Å². The Balaban J connectivity index is 1.97. The summed E-state index contributed by atoms with van der Waals surface area (Å²) >= 11 is 11.8. The summed E-state index contributed by atoms with van der Waals surface area (Å²) in [6.07, 6.45) is 3.61. The zero-order valence-corrected chi connectivity index (χ0v) is 10.7. The number of carbonyl (C=O) groups excluding carboxylic acids is 1. The molecule has 92 valence electrons. The number of aromatic nitrogens is 2. The molecule has 1 saturated carbocycles. The molecule has 2 aromatic heterocycles. The van der Waals surface area contributed by atoms with E-state index in [4.69, 9.17) is 27.7 Å². The third-order valence-corrected chi connectivity index (χ3v) is 3.42. The largest absolute Gasteiger partial charge is 0.360 e. The van der Waals surface area contributed by atoms with Crippen molar-refractivity contribution in [3.8, 4) is 0 Å². The molecule has 0 radical (unpaired) electrons. The number of pyridine rings is 1. The van der Waals surface area contributed by atoms with Crippen LogP contribution in [0.25, 0.3) is 0 Å². The third kappa shape index (κ3) is 2.02. The number of nitrogens with zero attached hydrogens (tertiary/aromatic N) is 2. The van der Waals surface area contributed by atoms with Crippen LogP contribution >= 0.6 is 23.2 Å². The number of hydrogen-bond donors (Lipinski definition) is 0. The lowest BCUT2D eigenvalue weighted by Crippen LogP contribution is -2.04. The van der Waals surface area contributed by atoms with Crippen molar-refractivity contribution in [1.29, 1.82) is 0 Å². The smallest absolute Gasteiger partial charge is 0.219 e. The van der Waals surface area contributed by atoms with Crippen LogP contribution in [0.4, 0.5) is 0 Å². The number of rotatable bonds is 3. The molecule has 1 aliphatic rings. The maximum absolute atomic E-state index is 12.2. The number of carbonyl (C=O) groups is 1. The molecule has 2 heterocycles. The summed E-state index contributed by atoms with van der Waals surface area (Å²) in [4.78, 5) is 16.1. The summed E-state index contributed by atoms with van der Waals surface area (Å²) in [5.74, 6) is 0.780. The molecule has 3 rings (SSSR count). The molecule has 0 aromatic carbocycles. The van der Waals surface area contributed by atoms with Crippen molar-refractivity contribution < 1.29 is 9.32 Å². The van der Waals surface area contributed by atoms with Crippen molar-refractivity contribution in [3.63, 3.8) is 0 Å². The Morgan fingerprint density at radius 3 is 2.83 bits per heavy atom. The van der Waals surface area contributed by atoms with Crippen LogP contribution in [0.2, 0.25) is 10.2 Å². The Bertz CT molecular complexity index is 600. The van der Waals surface area contributed by atoms with Gasteiger partial charge in [0.2, 0.25) is 5.78 Å². The first-order valence-corrected chi connectivity index (χ1v) is 6.23. The monoisotopic (exact) mass is 282 g/mol. The second-order valence-electron chi connectivity index (χ2n) is 4.18. The van der Waals surface area contributed by atoms with Crippen LogP contribution in [-0.2, 0) is 0 Å². The third-order valence-electron chi connectivity index (χ3n) is 2.82. The van der Waals surface area contributed by atoms with E-state index in [-0.39, 0.29) is 27.2 Å². The van der Waals surface area contributed by atoms with E-state index in [2.05, 4.69) is 10.1 Å². The topological polar surface area (TPSA) is 56.0 Å². The van der Waals surface area contributed by atoms with Gasteiger partial charge in [-0.25, -0.2) is 4.98 Å². The van der Waals surface area contributed by atoms with E-state index in [1.54, 1.807) is 6.07 Å². The van der Waals surface area contributed by atoms with Gasteiger partial charge >= 0.3 is 0 Å². The number of halogens is 2. The second-order valence-corrected chi connectivity index (χ2v) is 4.94. The summed E-state index contributed by atoms with van der Waals surface area (Å²) in [6.45, 7) is 0. The molecule has 1 fully saturated rings. The Morgan fingerprint density at radius 1 is 1.39 bits per heavy atom. The zero-order valence-electron chi connectivity index (χ0n) is 9.19. The predicted molar refractivity (Wildman–Crippen MR) is 66.2 cm³/mol. The van der Waals surface area contributed by atoms with Crippen molar-refractivity contribution >= 4 is 29.0 Å². The van der Waals surface area contributed by atoms with Crippen molar-refractivity contribution in [1.82, 2.24) is 10.1 Å². The van der Waals surface area contributed by atoms with Crippen LogP contribution in [-0.4, -0.2) is 15.9 Å². The van der Waals surface area contributed by atoms with E-state index in [9.17, 15) is 4.79 Å². The minimum atomic E-state index is -0.367. The van der Waals surface area contributed by atoms with E-state index >= 15 is 0 Å². The first-order valence-electron chi connectivity index (χ1n) is 5.48. The lowest BCUT2D eigenvalue weighted by Gasteiger charge is -2.01. The lowest BCUT2D eigenvalue weighted by molar-refractivity contribution is 0.103. The molecule has 0 spiro atoms. The number of ketones is 1. The maximum atomic E-state index is 12.2. The molecular weight excluding hydrogens is 275 g/mol. The van der Waals surface area contributed by atoms with Crippen molar-refractivity contribution in [2.45, 2.75) is 18.8 Å². The van der Waals surface area contributed by atoms with E-state index < -0.39 is 0 Å². The van der Waals surface area contributed by atoms with Crippen LogP contribution in [0, 0.1) is 0 Å². The van der Waals surface area contributed by atoms with E-state index in [1.807, 2.05) is 0 Å². The average molecular weight is 283 g/mol. The van der Waals surface area contributed by atoms with E-state index in [1.165, 1.54) is 12.3 Å². The molecule has 4 nitrogen and oxygen atoms in total. The van der Waals surface area contributed by atoms with Crippen molar-refractivity contribution in [3.05, 3.63) is 45.5 Å². The fourth-order valence-corrected chi connectivity index (χ4v) is 2.23. The number of hydrogen-bond acceptors (Lipinski definition) is 4. The van der Waals surface area contributed by atoms with Gasteiger partial charge in [0, 0.05) is 18.2 Å². The summed E-state index contributed by atoms with van der Waals surface area (Å²) in [5, 5.41) is 4.10. The Labute approximate surface area is 113 Å². The summed E-state index contributed by atoms with van der Waals surface area (Å²) in [5.41, 5.74) is 0.380. The molecule has 0 aliphatic heterocycles. The standard InChI is InChI=1S/C12H8Cl2N2O2/c13-7-3-4-15-12(14)10(7)11(17)8-5-9(18-16-8)6-1-2-6/h3-6H,1-2H2. The summed E-state index contributed by atoms with van der Waals surface area (Å²) in [6, 6.07) is 3.17. The quantitative estimate of drug-likeness (QED) is 0.639. The van der Waals surface area contributed by atoms with Gasteiger partial charge < -0.3 is 4.52 Å². The summed E-state index contributed by atoms with van der Waals surface area (Å²) in [7, 11) is 0. The highest BCUT2D eigenvalue weighted by molar-refractivity contribution is 6.40. The molecule has 0 atom stereocenters. The SMILES string of the molecule is O=C(c1cc(C2CC2)on1)c1c(Cl)ccnc1Cl. The maximum Gasteiger partial charge on any atom is 0.219 e. The molecule has 0 saturated heterocycles. The van der Waals surface area contributed by atoms with Gasteiger partial charge in [-0.2, -0.15) is 0 Å². The highest BCUT2D eigenvalue weighted by Gasteiger charge is 2.29. The van der Waals surface area contributed by atoms with Gasteiger partial charge in [-0.1, -0.05) is 28.4 Å². The van der Waals surface area contributed by atoms with Crippen LogP contribution in [0.3, 0.4) is 0 Å². The molecule has 0 amide bonds. The normalized spacial score (nSPS) is 14.8. The van der Waals surface area contributed by atoms with Crippen LogP contribution in [0.1, 0.15) is 40.6 Å². The molecule has 2 aromatic rings. The first-order chi connectivity index (χ1) is 8.66. The van der Waals surface area contributed by atoms with Gasteiger partial charge in [0.25, 0.3) is 0 Å². The second kappa shape index (κ2) is 4.37. The lowest BCUT2D eigenvalue weighted by atomic mass is 10.1. The molecule has 0 N–H and O–H groups in total. The molecule has 1 aliphatic carbocycles. The van der Waals surface area contributed by atoms with E-state index in [0.29, 0.717) is 5.92 Å². The molecular formula is C12H8Cl2N2O2. The highest BCUT2D eigenvalue weighted by atomic mass is 35.5. The van der Waals surface area contributed by atoms with Crippen LogP contribution < -0.4 is 0 Å². The zero-order chi connectivity index (χ0) is 12.7.